The van der Waals surface area contributed by atoms with Crippen molar-refractivity contribution in [1.29, 1.82) is 0 Å². The molecule has 2 atom stereocenters. The van der Waals surface area contributed by atoms with Crippen molar-refractivity contribution in [1.82, 2.24) is 4.72 Å². The summed E-state index contributed by atoms with van der Waals surface area (Å²) >= 11 is 0. The van der Waals surface area contributed by atoms with E-state index in [0.717, 1.165) is 25.7 Å². The van der Waals surface area contributed by atoms with Gasteiger partial charge >= 0.3 is 0 Å². The summed E-state index contributed by atoms with van der Waals surface area (Å²) in [7, 11) is -3.69. The third-order valence-electron chi connectivity index (χ3n) is 5.00. The lowest BCUT2D eigenvalue weighted by Crippen LogP contribution is -2.44. The minimum Gasteiger partial charge on any atom is -0.330 e. The van der Waals surface area contributed by atoms with Gasteiger partial charge in [-0.1, -0.05) is 37.1 Å². The Balaban J connectivity index is 2.00. The molecule has 2 aromatic carbocycles. The fourth-order valence-corrected chi connectivity index (χ4v) is 5.26. The van der Waals surface area contributed by atoms with Crippen LogP contribution in [0.2, 0.25) is 0 Å². The van der Waals surface area contributed by atoms with Gasteiger partial charge in [-0.3, -0.25) is 4.79 Å². The number of hydrogen-bond donors (Lipinski definition) is 3. The first-order chi connectivity index (χ1) is 12.4. The quantitative estimate of drug-likeness (QED) is 0.747. The van der Waals surface area contributed by atoms with Gasteiger partial charge in [0.15, 0.2) is 0 Å². The van der Waals surface area contributed by atoms with Gasteiger partial charge in [-0.15, -0.1) is 0 Å². The summed E-state index contributed by atoms with van der Waals surface area (Å²) in [5.74, 6) is -0.0275. The maximum Gasteiger partial charge on any atom is 0.241 e. The number of sulfonamides is 1. The van der Waals surface area contributed by atoms with Crippen LogP contribution < -0.4 is 15.8 Å². The highest BCUT2D eigenvalue weighted by atomic mass is 32.2. The van der Waals surface area contributed by atoms with Crippen molar-refractivity contribution in [3.8, 4) is 0 Å². The van der Waals surface area contributed by atoms with E-state index in [2.05, 4.69) is 10.0 Å². The van der Waals surface area contributed by atoms with Crippen LogP contribution in [0.3, 0.4) is 0 Å². The maximum absolute atomic E-state index is 13.1. The molecule has 1 aliphatic carbocycles. The Labute approximate surface area is 154 Å². The molecule has 0 radical (unpaired) electrons. The lowest BCUT2D eigenvalue weighted by atomic mass is 9.85. The zero-order valence-corrected chi connectivity index (χ0v) is 15.7. The van der Waals surface area contributed by atoms with Crippen molar-refractivity contribution < 1.29 is 13.2 Å². The summed E-state index contributed by atoms with van der Waals surface area (Å²) in [4.78, 5) is 11.6. The molecule has 2 unspecified atom stereocenters. The Morgan fingerprint density at radius 1 is 1.12 bits per heavy atom. The van der Waals surface area contributed by atoms with Crippen LogP contribution in [0, 0.1) is 5.92 Å². The van der Waals surface area contributed by atoms with E-state index in [1.54, 1.807) is 24.3 Å². The third kappa shape index (κ3) is 3.90. The van der Waals surface area contributed by atoms with Gasteiger partial charge in [-0.25, -0.2) is 13.1 Å². The van der Waals surface area contributed by atoms with Crippen LogP contribution >= 0.6 is 0 Å². The Morgan fingerprint density at radius 3 is 2.50 bits per heavy atom. The largest absolute Gasteiger partial charge is 0.330 e. The highest BCUT2D eigenvalue weighted by Crippen LogP contribution is 2.31. The molecule has 1 amide bonds. The van der Waals surface area contributed by atoms with Crippen LogP contribution in [0.15, 0.2) is 41.3 Å². The van der Waals surface area contributed by atoms with Crippen molar-refractivity contribution in [2.45, 2.75) is 43.5 Å². The smallest absolute Gasteiger partial charge is 0.241 e. The lowest BCUT2D eigenvalue weighted by molar-refractivity contribution is -0.114. The zero-order chi connectivity index (χ0) is 18.7. The number of hydrogen-bond acceptors (Lipinski definition) is 4. The monoisotopic (exact) mass is 375 g/mol. The minimum atomic E-state index is -3.69. The van der Waals surface area contributed by atoms with E-state index in [9.17, 15) is 13.2 Å². The second kappa shape index (κ2) is 7.73. The molecule has 140 valence electrons. The molecule has 0 spiro atoms. The fourth-order valence-electron chi connectivity index (χ4n) is 3.71. The first-order valence-electron chi connectivity index (χ1n) is 8.94. The average molecular weight is 375 g/mol. The summed E-state index contributed by atoms with van der Waals surface area (Å²) in [6, 6.07) is 10.2. The van der Waals surface area contributed by atoms with E-state index in [1.807, 2.05) is 12.1 Å². The van der Waals surface area contributed by atoms with E-state index in [1.165, 1.54) is 6.92 Å². The first-order valence-corrected chi connectivity index (χ1v) is 10.4. The average Bonchev–Trinajstić information content (AvgIpc) is 2.61. The molecule has 0 heterocycles. The van der Waals surface area contributed by atoms with E-state index in [0.29, 0.717) is 23.0 Å². The summed E-state index contributed by atoms with van der Waals surface area (Å²) in [6.07, 6.45) is 3.86. The standard InChI is InChI=1S/C19H25N3O3S/c1-13(23)21-18-10-11-19(16-8-4-3-7-15(16)18)26(24,25)22-17-9-5-2-6-14(17)12-20/h3-4,7-8,10-11,14,17,22H,2,5-6,9,12,20H2,1H3,(H,21,23). The van der Waals surface area contributed by atoms with Crippen LogP contribution in [0.5, 0.6) is 0 Å². The minimum absolute atomic E-state index is 0.132. The van der Waals surface area contributed by atoms with Gasteiger partial charge in [-0.2, -0.15) is 0 Å². The number of amides is 1. The third-order valence-corrected chi connectivity index (χ3v) is 6.55. The molecule has 6 nitrogen and oxygen atoms in total. The Kier molecular flexibility index (Phi) is 5.60. The molecule has 0 bridgehead atoms. The van der Waals surface area contributed by atoms with Gasteiger partial charge in [0, 0.05) is 29.4 Å². The van der Waals surface area contributed by atoms with E-state index in [-0.39, 0.29) is 22.8 Å². The number of carbonyl (C=O) groups is 1. The molecular formula is C19H25N3O3S. The molecular weight excluding hydrogens is 350 g/mol. The predicted octanol–water partition coefficient (Wildman–Crippen LogP) is 2.59. The molecule has 1 aliphatic rings. The van der Waals surface area contributed by atoms with Crippen molar-refractivity contribution >= 4 is 32.4 Å². The van der Waals surface area contributed by atoms with Gasteiger partial charge in [0.25, 0.3) is 0 Å². The molecule has 26 heavy (non-hydrogen) atoms. The fraction of sp³-hybridized carbons (Fsp3) is 0.421. The summed E-state index contributed by atoms with van der Waals surface area (Å²) in [6.45, 7) is 1.91. The summed E-state index contributed by atoms with van der Waals surface area (Å²) in [5.41, 5.74) is 6.43. The first kappa shape index (κ1) is 18.8. The number of fused-ring (bicyclic) bond motifs is 1. The van der Waals surface area contributed by atoms with Gasteiger partial charge < -0.3 is 11.1 Å². The SMILES string of the molecule is CC(=O)Nc1ccc(S(=O)(=O)NC2CCCCC2CN)c2ccccc12. The normalized spacial score (nSPS) is 20.8. The molecule has 0 aromatic heterocycles. The van der Waals surface area contributed by atoms with Crippen LogP contribution in [-0.2, 0) is 14.8 Å². The summed E-state index contributed by atoms with van der Waals surface area (Å²) in [5, 5.41) is 4.04. The van der Waals surface area contributed by atoms with Crippen molar-refractivity contribution in [2.24, 2.45) is 11.7 Å². The van der Waals surface area contributed by atoms with Crippen LogP contribution in [0.25, 0.3) is 10.8 Å². The Hall–Kier alpha value is -1.96. The Morgan fingerprint density at radius 2 is 1.81 bits per heavy atom. The van der Waals surface area contributed by atoms with E-state index >= 15 is 0 Å². The molecule has 1 fully saturated rings. The van der Waals surface area contributed by atoms with Crippen molar-refractivity contribution in [3.63, 3.8) is 0 Å². The van der Waals surface area contributed by atoms with Gasteiger partial charge in [-0.05, 0) is 37.4 Å². The number of rotatable bonds is 5. The van der Waals surface area contributed by atoms with Crippen molar-refractivity contribution in [3.05, 3.63) is 36.4 Å². The molecule has 4 N–H and O–H groups in total. The maximum atomic E-state index is 13.1. The van der Waals surface area contributed by atoms with E-state index < -0.39 is 10.0 Å². The van der Waals surface area contributed by atoms with Crippen LogP contribution in [0.1, 0.15) is 32.6 Å². The van der Waals surface area contributed by atoms with E-state index in [4.69, 9.17) is 5.73 Å². The van der Waals surface area contributed by atoms with Crippen molar-refractivity contribution in [2.75, 3.05) is 11.9 Å². The van der Waals surface area contributed by atoms with Crippen LogP contribution in [-0.4, -0.2) is 26.9 Å². The topological polar surface area (TPSA) is 101 Å². The summed E-state index contributed by atoms with van der Waals surface area (Å²) < 4.78 is 29.0. The second-order valence-corrected chi connectivity index (χ2v) is 8.53. The molecule has 7 heteroatoms. The number of anilines is 1. The predicted molar refractivity (Wildman–Crippen MR) is 103 cm³/mol. The molecule has 3 rings (SSSR count). The molecule has 0 saturated heterocycles. The zero-order valence-electron chi connectivity index (χ0n) is 14.9. The number of carbonyl (C=O) groups excluding carboxylic acids is 1. The molecule has 2 aromatic rings. The number of nitrogens with one attached hydrogen (secondary N) is 2. The Bertz CT molecular complexity index is 911. The number of benzene rings is 2. The van der Waals surface area contributed by atoms with Gasteiger partial charge in [0.05, 0.1) is 4.90 Å². The lowest BCUT2D eigenvalue weighted by Gasteiger charge is -2.31. The second-order valence-electron chi connectivity index (χ2n) is 6.85. The van der Waals surface area contributed by atoms with Gasteiger partial charge in [0.2, 0.25) is 15.9 Å². The molecule has 0 aliphatic heterocycles. The number of nitrogens with two attached hydrogens (primary N) is 1. The highest BCUT2D eigenvalue weighted by Gasteiger charge is 2.29. The van der Waals surface area contributed by atoms with Gasteiger partial charge in [0.1, 0.15) is 0 Å². The highest BCUT2D eigenvalue weighted by molar-refractivity contribution is 7.89. The van der Waals surface area contributed by atoms with Crippen LogP contribution in [0.4, 0.5) is 5.69 Å². The molecule has 1 saturated carbocycles.